The van der Waals surface area contributed by atoms with E-state index in [1.54, 1.807) is 6.07 Å². The van der Waals surface area contributed by atoms with Crippen molar-refractivity contribution in [2.75, 3.05) is 24.4 Å². The molecule has 1 unspecified atom stereocenters. The van der Waals surface area contributed by atoms with Crippen LogP contribution in [0.2, 0.25) is 10.4 Å². The zero-order chi connectivity index (χ0) is 25.3. The van der Waals surface area contributed by atoms with Gasteiger partial charge in [-0.25, -0.2) is 0 Å². The molecule has 2 rings (SSSR count). The molecule has 1 aromatic heterocycles. The van der Waals surface area contributed by atoms with Gasteiger partial charge in [0.1, 0.15) is 0 Å². The number of rotatable bonds is 12. The Kier molecular flexibility index (Phi) is 10.9. The van der Waals surface area contributed by atoms with Crippen molar-refractivity contribution in [2.24, 2.45) is 11.8 Å². The molecule has 1 atom stereocenters. The van der Waals surface area contributed by atoms with Gasteiger partial charge in [0.25, 0.3) is 0 Å². The fraction of sp³-hybridized carbons (Fsp3) is 0.500. The van der Waals surface area contributed by atoms with Crippen molar-refractivity contribution in [1.82, 2.24) is 9.97 Å². The Bertz CT molecular complexity index is 949. The first-order valence-electron chi connectivity index (χ1n) is 11.2. The van der Waals surface area contributed by atoms with E-state index in [-0.39, 0.29) is 13.0 Å². The van der Waals surface area contributed by atoms with Crippen LogP contribution in [0.25, 0.3) is 0 Å². The number of halogens is 1. The average Bonchev–Trinajstić information content (AvgIpc) is 2.72. The van der Waals surface area contributed by atoms with Crippen molar-refractivity contribution in [3.05, 3.63) is 42.2 Å². The summed E-state index contributed by atoms with van der Waals surface area (Å²) in [6.07, 6.45) is 4.06. The van der Waals surface area contributed by atoms with E-state index in [4.69, 9.17) is 4.74 Å². The molecule has 1 aromatic carbocycles. The van der Waals surface area contributed by atoms with E-state index < -0.39 is 38.4 Å². The van der Waals surface area contributed by atoms with Gasteiger partial charge in [0, 0.05) is 0 Å². The number of urea groups is 1. The number of aromatic nitrogens is 2. The first-order chi connectivity index (χ1) is 16.1. The third-order valence-electron chi connectivity index (χ3n) is 4.90. The Labute approximate surface area is 205 Å². The van der Waals surface area contributed by atoms with E-state index in [9.17, 15) is 14.7 Å². The number of nitrogens with one attached hydrogen (secondary N) is 2. The second kappa shape index (κ2) is 13.4. The SMILES string of the molecule is COCC(CC(=O)O)c1cc(F)c([As](CC(C)C)CC(C)C)c(NC(=O)Nc2cncnc2)c1. The number of ether oxygens (including phenoxy) is 1. The zero-order valence-electron chi connectivity index (χ0n) is 20.3. The fourth-order valence-electron chi connectivity index (χ4n) is 3.74. The van der Waals surface area contributed by atoms with Crippen LogP contribution >= 0.6 is 0 Å². The number of carboxylic acids is 1. The average molecular weight is 536 g/mol. The van der Waals surface area contributed by atoms with Crippen LogP contribution in [-0.4, -0.2) is 55.4 Å². The molecular formula is C24H34AsFN4O4. The van der Waals surface area contributed by atoms with Gasteiger partial charge in [-0.2, -0.15) is 0 Å². The number of carbonyl (C=O) groups excluding carboxylic acids is 1. The van der Waals surface area contributed by atoms with Crippen molar-refractivity contribution >= 4 is 42.4 Å². The number of benzene rings is 1. The molecule has 0 aliphatic rings. The van der Waals surface area contributed by atoms with E-state index in [2.05, 4.69) is 48.3 Å². The van der Waals surface area contributed by atoms with Crippen molar-refractivity contribution in [1.29, 1.82) is 0 Å². The molecule has 0 saturated carbocycles. The molecular weight excluding hydrogens is 502 g/mol. The maximum absolute atomic E-state index is 15.7. The van der Waals surface area contributed by atoms with Crippen LogP contribution in [0.15, 0.2) is 30.9 Å². The normalized spacial score (nSPS) is 12.3. The third-order valence-corrected chi connectivity index (χ3v) is 12.1. The van der Waals surface area contributed by atoms with Crippen molar-refractivity contribution < 1.29 is 23.8 Å². The molecule has 1 heterocycles. The van der Waals surface area contributed by atoms with E-state index in [1.807, 2.05) is 0 Å². The fourth-order valence-corrected chi connectivity index (χ4v) is 10.3. The number of carbonyl (C=O) groups is 2. The number of amides is 2. The Morgan fingerprint density at radius 1 is 1.09 bits per heavy atom. The number of anilines is 2. The van der Waals surface area contributed by atoms with E-state index in [0.29, 0.717) is 33.1 Å². The molecule has 0 spiro atoms. The van der Waals surface area contributed by atoms with E-state index in [0.717, 1.165) is 10.4 Å². The van der Waals surface area contributed by atoms with Gasteiger partial charge in [-0.15, -0.1) is 0 Å². The standard InChI is InChI=1S/C24H34AsFN4O4/c1-15(2)9-25(10-16(3)4)23-20(26)6-17(18(13-34-5)8-22(31)32)7-21(23)30-24(33)29-19-11-27-14-28-12-19/h6-7,11-12,14-16,18H,8-10,13H2,1-5H3,(H,31,32)(H2,29,30,33). The molecule has 10 heteroatoms. The van der Waals surface area contributed by atoms with Crippen LogP contribution in [0.4, 0.5) is 20.6 Å². The third kappa shape index (κ3) is 8.69. The van der Waals surface area contributed by atoms with Gasteiger partial charge in [0.2, 0.25) is 0 Å². The first-order valence-corrected chi connectivity index (χ1v) is 14.8. The second-order valence-corrected chi connectivity index (χ2v) is 13.8. The molecule has 0 aliphatic heterocycles. The summed E-state index contributed by atoms with van der Waals surface area (Å²) in [6.45, 7) is 8.59. The van der Waals surface area contributed by atoms with Gasteiger partial charge in [0.05, 0.1) is 0 Å². The summed E-state index contributed by atoms with van der Waals surface area (Å²) in [5, 5.41) is 16.6. The van der Waals surface area contributed by atoms with Crippen LogP contribution in [0.5, 0.6) is 0 Å². The van der Waals surface area contributed by atoms with Gasteiger partial charge < -0.3 is 0 Å². The van der Waals surface area contributed by atoms with Gasteiger partial charge in [-0.3, -0.25) is 0 Å². The van der Waals surface area contributed by atoms with Gasteiger partial charge >= 0.3 is 205 Å². The van der Waals surface area contributed by atoms with Crippen LogP contribution in [-0.2, 0) is 9.53 Å². The predicted octanol–water partition coefficient (Wildman–Crippen LogP) is 4.48. The molecule has 3 N–H and O–H groups in total. The minimum atomic E-state index is -1.90. The van der Waals surface area contributed by atoms with Gasteiger partial charge in [0.15, 0.2) is 0 Å². The molecule has 2 amide bonds. The topological polar surface area (TPSA) is 113 Å². The van der Waals surface area contributed by atoms with Crippen molar-refractivity contribution in [2.45, 2.75) is 50.5 Å². The summed E-state index contributed by atoms with van der Waals surface area (Å²) >= 11 is -1.90. The second-order valence-electron chi connectivity index (χ2n) is 9.05. The molecule has 34 heavy (non-hydrogen) atoms. The summed E-state index contributed by atoms with van der Waals surface area (Å²) in [5.74, 6) is -1.18. The summed E-state index contributed by atoms with van der Waals surface area (Å²) in [4.78, 5) is 31.9. The van der Waals surface area contributed by atoms with Crippen LogP contribution in [0, 0.1) is 17.7 Å². The molecule has 0 aliphatic carbocycles. The van der Waals surface area contributed by atoms with Gasteiger partial charge in [-0.1, -0.05) is 0 Å². The van der Waals surface area contributed by atoms with E-state index in [1.165, 1.54) is 31.9 Å². The summed E-state index contributed by atoms with van der Waals surface area (Å²) in [6, 6.07) is 2.57. The summed E-state index contributed by atoms with van der Waals surface area (Å²) in [7, 11) is 1.47. The van der Waals surface area contributed by atoms with Crippen LogP contribution in [0.1, 0.15) is 45.6 Å². The Balaban J connectivity index is 2.53. The summed E-state index contributed by atoms with van der Waals surface area (Å²) < 4.78 is 21.5. The molecule has 8 nitrogen and oxygen atoms in total. The predicted molar refractivity (Wildman–Crippen MR) is 133 cm³/mol. The number of aliphatic carboxylic acids is 1. The number of hydrogen-bond acceptors (Lipinski definition) is 5. The Morgan fingerprint density at radius 3 is 2.24 bits per heavy atom. The number of carboxylic acid groups (broad SMARTS) is 1. The van der Waals surface area contributed by atoms with Crippen LogP contribution in [0.3, 0.4) is 0 Å². The molecule has 0 radical (unpaired) electrons. The van der Waals surface area contributed by atoms with Crippen molar-refractivity contribution in [3.8, 4) is 0 Å². The minimum absolute atomic E-state index is 0.123. The summed E-state index contributed by atoms with van der Waals surface area (Å²) in [5.41, 5.74) is 1.27. The molecule has 0 bridgehead atoms. The quantitative estimate of drug-likeness (QED) is 0.345. The first kappa shape index (κ1) is 27.7. The molecule has 2 aromatic rings. The zero-order valence-corrected chi connectivity index (χ0v) is 22.2. The van der Waals surface area contributed by atoms with Crippen LogP contribution < -0.4 is 15.0 Å². The monoisotopic (exact) mass is 536 g/mol. The van der Waals surface area contributed by atoms with Crippen molar-refractivity contribution in [3.63, 3.8) is 0 Å². The number of methoxy groups -OCH3 is 1. The maximum atomic E-state index is 15.7. The molecule has 0 fully saturated rings. The number of hydrogen-bond donors (Lipinski definition) is 3. The Hall–Kier alpha value is -2.51. The molecule has 186 valence electrons. The Morgan fingerprint density at radius 2 is 1.71 bits per heavy atom. The van der Waals surface area contributed by atoms with E-state index >= 15 is 4.39 Å². The number of nitrogens with zero attached hydrogens (tertiary/aromatic N) is 2. The van der Waals surface area contributed by atoms with Gasteiger partial charge in [-0.05, 0) is 0 Å². The molecule has 0 saturated heterocycles.